The van der Waals surface area contributed by atoms with E-state index in [1.807, 2.05) is 0 Å². The van der Waals surface area contributed by atoms with Gasteiger partial charge in [0.25, 0.3) is 0 Å². The first kappa shape index (κ1) is 25.3. The number of ether oxygens (including phenoxy) is 2. The van der Waals surface area contributed by atoms with Gasteiger partial charge in [-0.25, -0.2) is 0 Å². The van der Waals surface area contributed by atoms with Gasteiger partial charge in [-0.3, -0.25) is 9.79 Å². The average molecular weight is 490 g/mol. The Kier molecular flexibility index (Phi) is 7.25. The summed E-state index contributed by atoms with van der Waals surface area (Å²) in [7, 11) is 0. The fourth-order valence-electron chi connectivity index (χ4n) is 4.83. The minimum absolute atomic E-state index is 0.00963. The van der Waals surface area contributed by atoms with E-state index in [0.29, 0.717) is 17.9 Å². The van der Waals surface area contributed by atoms with Crippen molar-refractivity contribution in [3.05, 3.63) is 33.2 Å². The molecule has 2 heterocycles. The van der Waals surface area contributed by atoms with Crippen LogP contribution in [0.5, 0.6) is 11.5 Å². The fraction of sp³-hybridized carbons (Fsp3) is 0.600. The van der Waals surface area contributed by atoms with E-state index < -0.39 is 17.8 Å². The Bertz CT molecular complexity index is 1160. The molecule has 7 N–H and O–H groups in total. The first-order valence-corrected chi connectivity index (χ1v) is 12.2. The average Bonchev–Trinajstić information content (AvgIpc) is 3.44. The van der Waals surface area contributed by atoms with Crippen molar-refractivity contribution in [1.82, 2.24) is 0 Å². The predicted molar refractivity (Wildman–Crippen MR) is 131 cm³/mol. The van der Waals surface area contributed by atoms with Gasteiger partial charge in [0.05, 0.1) is 11.7 Å². The summed E-state index contributed by atoms with van der Waals surface area (Å²) in [5, 5.41) is 31.3. The quantitative estimate of drug-likeness (QED) is 0.258. The Balaban J connectivity index is 1.87. The molecule has 1 fully saturated rings. The van der Waals surface area contributed by atoms with Gasteiger partial charge in [0.15, 0.2) is 11.4 Å². The Morgan fingerprint density at radius 3 is 2.66 bits per heavy atom. The Hall–Kier alpha value is -2.82. The van der Waals surface area contributed by atoms with E-state index in [2.05, 4.69) is 4.99 Å². The number of guanidine groups is 1. The molecule has 0 bridgehead atoms. The lowest BCUT2D eigenvalue weighted by molar-refractivity contribution is -0.0229. The maximum Gasteiger partial charge on any atom is 0.200 e. The van der Waals surface area contributed by atoms with E-state index >= 15 is 0 Å². The normalized spacial score (nSPS) is 18.9. The van der Waals surface area contributed by atoms with Gasteiger partial charge in [-0.05, 0) is 39.5 Å². The third kappa shape index (κ3) is 5.24. The summed E-state index contributed by atoms with van der Waals surface area (Å²) in [4.78, 5) is 17.7. The lowest BCUT2D eigenvalue weighted by Gasteiger charge is -2.24. The maximum absolute atomic E-state index is 13.8. The van der Waals surface area contributed by atoms with Crippen LogP contribution < -0.4 is 26.4 Å². The third-order valence-corrected chi connectivity index (χ3v) is 6.72. The van der Waals surface area contributed by atoms with Crippen molar-refractivity contribution in [3.8, 4) is 11.5 Å². The molecule has 0 unspecified atom stereocenters. The molecule has 10 nitrogen and oxygen atoms in total. The van der Waals surface area contributed by atoms with Gasteiger partial charge in [-0.15, -0.1) is 0 Å². The van der Waals surface area contributed by atoms with Gasteiger partial charge in [0, 0.05) is 49.6 Å². The van der Waals surface area contributed by atoms with Crippen molar-refractivity contribution < 1.29 is 29.2 Å². The van der Waals surface area contributed by atoms with Crippen LogP contribution >= 0.6 is 0 Å². The number of nitrogens with zero attached hydrogens (tertiary/aromatic N) is 1. The van der Waals surface area contributed by atoms with Crippen molar-refractivity contribution in [2.75, 3.05) is 13.2 Å². The van der Waals surface area contributed by atoms with Crippen molar-refractivity contribution >= 4 is 16.9 Å². The molecule has 0 amide bonds. The summed E-state index contributed by atoms with van der Waals surface area (Å²) in [6.45, 7) is 3.20. The number of fused-ring (bicyclic) bond motifs is 2. The summed E-state index contributed by atoms with van der Waals surface area (Å²) in [6, 6.07) is 1.62. The zero-order chi connectivity index (χ0) is 25.3. The molecule has 4 rings (SSSR count). The minimum Gasteiger partial charge on any atom is -0.489 e. The summed E-state index contributed by atoms with van der Waals surface area (Å²) in [5.74, 6) is 0.851. The van der Waals surface area contributed by atoms with E-state index in [4.69, 9.17) is 25.4 Å². The van der Waals surface area contributed by atoms with Crippen LogP contribution in [0.4, 0.5) is 0 Å². The molecule has 1 saturated carbocycles. The van der Waals surface area contributed by atoms with Crippen LogP contribution in [-0.4, -0.2) is 52.2 Å². The summed E-state index contributed by atoms with van der Waals surface area (Å²) in [6.07, 6.45) is 2.69. The predicted octanol–water partition coefficient (Wildman–Crippen LogP) is 1.42. The topological polar surface area (TPSA) is 174 Å². The van der Waals surface area contributed by atoms with Crippen LogP contribution in [0.3, 0.4) is 0 Å². The van der Waals surface area contributed by atoms with E-state index in [9.17, 15) is 20.1 Å². The van der Waals surface area contributed by atoms with Gasteiger partial charge in [0.1, 0.15) is 40.4 Å². The minimum atomic E-state index is -1.16. The number of aliphatic hydroxyl groups excluding tert-OH is 2. The number of benzene rings is 1. The molecule has 1 aromatic heterocycles. The molecule has 2 aromatic rings. The molecule has 10 heteroatoms. The number of aliphatic imine (C=N–C) groups is 1. The largest absolute Gasteiger partial charge is 0.489 e. The number of aliphatic hydroxyl groups is 3. The molecule has 2 aliphatic rings. The van der Waals surface area contributed by atoms with E-state index in [1.165, 1.54) is 0 Å². The van der Waals surface area contributed by atoms with E-state index in [0.717, 1.165) is 31.2 Å². The molecule has 1 aromatic carbocycles. The smallest absolute Gasteiger partial charge is 0.200 e. The molecule has 1 aliphatic carbocycles. The van der Waals surface area contributed by atoms with Crippen molar-refractivity contribution in [2.24, 2.45) is 16.5 Å². The lowest BCUT2D eigenvalue weighted by Crippen LogP contribution is -2.39. The standard InChI is InChI=1S/C25H35N3O7/c1-25(2,32)19-11-15-17(34-19)12-18-20(23(15)33-13-5-3-4-6-13)21(31)14(8-10-29)22(35-18)16(30)7-9-28-24(26)27/h12-13,16,19,29-30,32H,3-11H2,1-2H3,(H4,26,27,28)/t16-,19-/m1/s1. The van der Waals surface area contributed by atoms with Crippen LogP contribution in [0.15, 0.2) is 20.3 Å². The molecular weight excluding hydrogens is 454 g/mol. The van der Waals surface area contributed by atoms with Crippen LogP contribution in [0.2, 0.25) is 0 Å². The Labute approximate surface area is 203 Å². The zero-order valence-corrected chi connectivity index (χ0v) is 20.2. The van der Waals surface area contributed by atoms with Crippen LogP contribution in [0.1, 0.15) is 68.9 Å². The van der Waals surface area contributed by atoms with Gasteiger partial charge in [0.2, 0.25) is 0 Å². The molecule has 0 radical (unpaired) electrons. The summed E-state index contributed by atoms with van der Waals surface area (Å²) >= 11 is 0. The number of hydrogen-bond acceptors (Lipinski definition) is 8. The summed E-state index contributed by atoms with van der Waals surface area (Å²) < 4.78 is 18.6. The zero-order valence-electron chi connectivity index (χ0n) is 20.2. The van der Waals surface area contributed by atoms with Crippen molar-refractivity contribution in [3.63, 3.8) is 0 Å². The van der Waals surface area contributed by atoms with Crippen molar-refractivity contribution in [1.29, 1.82) is 0 Å². The molecule has 1 aliphatic heterocycles. The highest BCUT2D eigenvalue weighted by atomic mass is 16.5. The lowest BCUT2D eigenvalue weighted by atomic mass is 9.95. The van der Waals surface area contributed by atoms with Gasteiger partial charge >= 0.3 is 0 Å². The van der Waals surface area contributed by atoms with Crippen LogP contribution in [0.25, 0.3) is 11.0 Å². The molecule has 35 heavy (non-hydrogen) atoms. The first-order chi connectivity index (χ1) is 16.6. The molecule has 192 valence electrons. The van der Waals surface area contributed by atoms with E-state index in [-0.39, 0.29) is 65.8 Å². The molecule has 2 atom stereocenters. The van der Waals surface area contributed by atoms with Crippen LogP contribution in [-0.2, 0) is 12.8 Å². The highest BCUT2D eigenvalue weighted by Gasteiger charge is 2.39. The van der Waals surface area contributed by atoms with Gasteiger partial charge in [-0.2, -0.15) is 0 Å². The SMILES string of the molecule is CC(C)(O)[C@H]1Cc2c(cc3oc([C@H](O)CCN=C(N)N)c(CCO)c(=O)c3c2OC2CCCC2)O1. The second kappa shape index (κ2) is 10.0. The third-order valence-electron chi connectivity index (χ3n) is 6.72. The number of hydrogen-bond donors (Lipinski definition) is 5. The van der Waals surface area contributed by atoms with Gasteiger partial charge in [-0.1, -0.05) is 0 Å². The monoisotopic (exact) mass is 489 g/mol. The number of rotatable bonds is 9. The highest BCUT2D eigenvalue weighted by Crippen LogP contribution is 2.45. The maximum atomic E-state index is 13.8. The van der Waals surface area contributed by atoms with E-state index in [1.54, 1.807) is 19.9 Å². The van der Waals surface area contributed by atoms with Gasteiger partial charge < -0.3 is 40.7 Å². The second-order valence-corrected chi connectivity index (χ2v) is 9.90. The van der Waals surface area contributed by atoms with Crippen LogP contribution in [0, 0.1) is 0 Å². The van der Waals surface area contributed by atoms with Crippen molar-refractivity contribution in [2.45, 2.75) is 82.7 Å². The highest BCUT2D eigenvalue weighted by molar-refractivity contribution is 5.88. The Morgan fingerprint density at radius 1 is 1.31 bits per heavy atom. The second-order valence-electron chi connectivity index (χ2n) is 9.90. The first-order valence-electron chi connectivity index (χ1n) is 12.2. The fourth-order valence-corrected chi connectivity index (χ4v) is 4.83. The molecule has 0 spiro atoms. The Morgan fingerprint density at radius 2 is 2.03 bits per heavy atom. The summed E-state index contributed by atoms with van der Waals surface area (Å²) in [5.41, 5.74) is 10.4. The number of nitrogens with two attached hydrogens (primary N) is 2. The molecule has 0 saturated heterocycles. The molecular formula is C25H35N3O7.